The van der Waals surface area contributed by atoms with Crippen molar-refractivity contribution in [3.63, 3.8) is 0 Å². The minimum atomic E-state index is -1.04. The minimum Gasteiger partial charge on any atom is -0.497 e. The maximum Gasteiger partial charge on any atom is 0.255 e. The molecule has 2 saturated carbocycles. The van der Waals surface area contributed by atoms with Crippen molar-refractivity contribution in [2.75, 3.05) is 27.3 Å². The largest absolute Gasteiger partial charge is 0.497 e. The van der Waals surface area contributed by atoms with E-state index >= 15 is 0 Å². The highest BCUT2D eigenvalue weighted by Gasteiger charge is 2.73. The number of amides is 1. The van der Waals surface area contributed by atoms with E-state index in [1.807, 2.05) is 24.3 Å². The molecule has 2 aromatic rings. The zero-order chi connectivity index (χ0) is 26.9. The number of hydrogen-bond donors (Lipinski definition) is 2. The van der Waals surface area contributed by atoms with E-state index in [0.29, 0.717) is 54.4 Å². The number of aliphatic hydroxyl groups is 1. The van der Waals surface area contributed by atoms with Crippen LogP contribution in [0, 0.1) is 5.92 Å². The standard InChI is InChI=1S/C31H36N2O6/c1-37-21-8-6-20(24(15-21)38-2)16-32-29(35)22-9-7-19-14-25-31(36)11-10-23(34)28-30(31,26(19)27(22)39-28)12-13-33(25)17-18-4-3-5-18/h6-9,15,18,25,28,36H,3-5,10-14,16-17H2,1-2H3,(H,32,35)/t25-,28+,30+,31-/m0/s1. The molecule has 39 heavy (non-hydrogen) atoms. The zero-order valence-corrected chi connectivity index (χ0v) is 22.6. The van der Waals surface area contributed by atoms with Gasteiger partial charge >= 0.3 is 0 Å². The van der Waals surface area contributed by atoms with Crippen LogP contribution in [0.3, 0.4) is 0 Å². The van der Waals surface area contributed by atoms with E-state index in [1.54, 1.807) is 20.3 Å². The van der Waals surface area contributed by atoms with Crippen molar-refractivity contribution in [2.24, 2.45) is 5.92 Å². The van der Waals surface area contributed by atoms with Gasteiger partial charge in [-0.2, -0.15) is 0 Å². The van der Waals surface area contributed by atoms with Gasteiger partial charge < -0.3 is 24.6 Å². The molecule has 4 atom stereocenters. The summed E-state index contributed by atoms with van der Waals surface area (Å²) >= 11 is 0. The number of nitrogens with one attached hydrogen (secondary N) is 1. The number of ether oxygens (including phenoxy) is 3. The topological polar surface area (TPSA) is 97.3 Å². The van der Waals surface area contributed by atoms with Crippen LogP contribution in [0.15, 0.2) is 30.3 Å². The molecule has 0 aromatic heterocycles. The molecule has 1 amide bonds. The Morgan fingerprint density at radius 3 is 2.77 bits per heavy atom. The van der Waals surface area contributed by atoms with Crippen LogP contribution < -0.4 is 19.5 Å². The summed E-state index contributed by atoms with van der Waals surface area (Å²) < 4.78 is 17.2. The zero-order valence-electron chi connectivity index (χ0n) is 22.6. The van der Waals surface area contributed by atoms with E-state index in [4.69, 9.17) is 14.2 Å². The quantitative estimate of drug-likeness (QED) is 0.566. The van der Waals surface area contributed by atoms with Crippen molar-refractivity contribution in [3.05, 3.63) is 52.6 Å². The molecule has 3 fully saturated rings. The molecule has 7 rings (SSSR count). The lowest BCUT2D eigenvalue weighted by Gasteiger charge is -2.63. The summed E-state index contributed by atoms with van der Waals surface area (Å²) in [7, 11) is 3.18. The first-order valence-electron chi connectivity index (χ1n) is 14.2. The van der Waals surface area contributed by atoms with Crippen LogP contribution in [0.25, 0.3) is 0 Å². The minimum absolute atomic E-state index is 0.0317. The highest BCUT2D eigenvalue weighted by molar-refractivity contribution is 5.99. The van der Waals surface area contributed by atoms with Gasteiger partial charge in [-0.1, -0.05) is 12.5 Å². The maximum atomic E-state index is 13.5. The van der Waals surface area contributed by atoms with Crippen molar-refractivity contribution >= 4 is 11.7 Å². The summed E-state index contributed by atoms with van der Waals surface area (Å²) in [6.45, 7) is 2.11. The van der Waals surface area contributed by atoms with Gasteiger partial charge in [-0.05, 0) is 68.3 Å². The molecular formula is C31H36N2O6. The fourth-order valence-corrected chi connectivity index (χ4v) is 8.10. The summed E-state index contributed by atoms with van der Waals surface area (Å²) in [5.41, 5.74) is 1.40. The van der Waals surface area contributed by atoms with Crippen LogP contribution >= 0.6 is 0 Å². The van der Waals surface area contributed by atoms with E-state index in [0.717, 1.165) is 29.8 Å². The Hall–Kier alpha value is -3.10. The first kappa shape index (κ1) is 24.9. The number of nitrogens with zero attached hydrogens (tertiary/aromatic N) is 1. The van der Waals surface area contributed by atoms with Gasteiger partial charge in [0.25, 0.3) is 5.91 Å². The molecule has 8 heteroatoms. The summed E-state index contributed by atoms with van der Waals surface area (Å²) in [5, 5.41) is 15.5. The predicted octanol–water partition coefficient (Wildman–Crippen LogP) is 3.16. The Kier molecular flexibility index (Phi) is 5.72. The number of methoxy groups -OCH3 is 2. The summed E-state index contributed by atoms with van der Waals surface area (Å²) in [5.74, 6) is 2.24. The van der Waals surface area contributed by atoms with Gasteiger partial charge in [0, 0.05) is 42.7 Å². The van der Waals surface area contributed by atoms with Crippen molar-refractivity contribution in [3.8, 4) is 17.2 Å². The number of piperidine rings is 1. The Bertz CT molecular complexity index is 1350. The van der Waals surface area contributed by atoms with Gasteiger partial charge in [0.05, 0.1) is 30.8 Å². The summed E-state index contributed by atoms with van der Waals surface area (Å²) in [6.07, 6.45) is 5.21. The van der Waals surface area contributed by atoms with E-state index in [2.05, 4.69) is 10.2 Å². The van der Waals surface area contributed by atoms with Crippen LogP contribution in [-0.2, 0) is 23.2 Å². The highest BCUT2D eigenvalue weighted by Crippen LogP contribution is 2.64. The van der Waals surface area contributed by atoms with Gasteiger partial charge in [-0.25, -0.2) is 0 Å². The lowest BCUT2D eigenvalue weighted by molar-refractivity contribution is -0.190. The van der Waals surface area contributed by atoms with E-state index in [-0.39, 0.29) is 24.3 Å². The molecule has 2 bridgehead atoms. The molecule has 5 aliphatic rings. The lowest BCUT2D eigenvalue weighted by atomic mass is 9.49. The SMILES string of the molecule is COc1ccc(CNC(=O)c2ccc3c4c2O[C@@H]2C(=O)CC[C@]5(O)[C@H](C3)N(CC3CCC3)CC[C@@]425)c(OC)c1. The monoisotopic (exact) mass is 532 g/mol. The van der Waals surface area contributed by atoms with Crippen molar-refractivity contribution in [1.82, 2.24) is 10.2 Å². The summed E-state index contributed by atoms with van der Waals surface area (Å²) in [6, 6.07) is 9.29. The predicted molar refractivity (Wildman–Crippen MR) is 143 cm³/mol. The van der Waals surface area contributed by atoms with Gasteiger partial charge in [0.1, 0.15) is 17.2 Å². The van der Waals surface area contributed by atoms with E-state index < -0.39 is 17.1 Å². The molecule has 1 saturated heterocycles. The molecule has 1 spiro atoms. The number of hydrogen-bond acceptors (Lipinski definition) is 7. The smallest absolute Gasteiger partial charge is 0.255 e. The molecule has 2 heterocycles. The molecule has 2 aromatic carbocycles. The fourth-order valence-electron chi connectivity index (χ4n) is 8.10. The Morgan fingerprint density at radius 1 is 1.18 bits per heavy atom. The lowest BCUT2D eigenvalue weighted by Crippen LogP contribution is -2.76. The highest BCUT2D eigenvalue weighted by atomic mass is 16.5. The Labute approximate surface area is 228 Å². The fraction of sp³-hybridized carbons (Fsp3) is 0.548. The van der Waals surface area contributed by atoms with E-state index in [1.165, 1.54) is 19.3 Å². The second kappa shape index (κ2) is 8.96. The van der Waals surface area contributed by atoms with E-state index in [9.17, 15) is 14.7 Å². The molecule has 0 unspecified atom stereocenters. The van der Waals surface area contributed by atoms with Crippen LogP contribution in [-0.4, -0.2) is 66.8 Å². The van der Waals surface area contributed by atoms with Crippen LogP contribution in [0.1, 0.15) is 65.6 Å². The Morgan fingerprint density at radius 2 is 2.03 bits per heavy atom. The number of benzene rings is 2. The number of carbonyl (C=O) groups is 2. The van der Waals surface area contributed by atoms with Crippen LogP contribution in [0.4, 0.5) is 0 Å². The number of rotatable bonds is 7. The maximum absolute atomic E-state index is 13.5. The number of carbonyl (C=O) groups excluding carboxylic acids is 2. The second-order valence-electron chi connectivity index (χ2n) is 12.0. The third-order valence-corrected chi connectivity index (χ3v) is 10.3. The first-order valence-corrected chi connectivity index (χ1v) is 14.2. The third kappa shape index (κ3) is 3.43. The van der Waals surface area contributed by atoms with Crippen molar-refractivity contribution < 1.29 is 28.9 Å². The molecule has 2 aliphatic heterocycles. The number of Topliss-reactive ketones (excluding diaryl/α,β-unsaturated/α-hetero) is 1. The second-order valence-corrected chi connectivity index (χ2v) is 12.0. The molecular weight excluding hydrogens is 496 g/mol. The number of ketones is 1. The van der Waals surface area contributed by atoms with Gasteiger partial charge in [-0.15, -0.1) is 0 Å². The average Bonchev–Trinajstić information content (AvgIpc) is 3.28. The molecule has 8 nitrogen and oxygen atoms in total. The first-order chi connectivity index (χ1) is 18.9. The molecule has 3 aliphatic carbocycles. The van der Waals surface area contributed by atoms with Gasteiger partial charge in [0.2, 0.25) is 0 Å². The van der Waals surface area contributed by atoms with Crippen LogP contribution in [0.5, 0.6) is 17.2 Å². The van der Waals surface area contributed by atoms with Crippen LogP contribution in [0.2, 0.25) is 0 Å². The van der Waals surface area contributed by atoms with Crippen molar-refractivity contribution in [1.29, 1.82) is 0 Å². The Balaban J connectivity index is 1.23. The summed E-state index contributed by atoms with van der Waals surface area (Å²) in [4.78, 5) is 29.4. The van der Waals surface area contributed by atoms with Gasteiger partial charge in [0.15, 0.2) is 11.9 Å². The molecule has 206 valence electrons. The normalized spacial score (nSPS) is 30.7. The average molecular weight is 533 g/mol. The third-order valence-electron chi connectivity index (χ3n) is 10.3. The molecule has 2 N–H and O–H groups in total. The van der Waals surface area contributed by atoms with Gasteiger partial charge in [-0.3, -0.25) is 14.5 Å². The molecule has 0 radical (unpaired) electrons. The van der Waals surface area contributed by atoms with Crippen molar-refractivity contribution in [2.45, 2.75) is 74.7 Å². The number of likely N-dealkylation sites (tertiary alicyclic amines) is 1.